The van der Waals surface area contributed by atoms with E-state index in [1.165, 1.54) is 12.8 Å². The van der Waals surface area contributed by atoms with Gasteiger partial charge >= 0.3 is 5.97 Å². The number of nitrogens with two attached hydrogens (primary N) is 1. The lowest BCUT2D eigenvalue weighted by Crippen LogP contribution is -2.34. The summed E-state index contributed by atoms with van der Waals surface area (Å²) in [5.41, 5.74) is 6.86. The molecule has 0 radical (unpaired) electrons. The van der Waals surface area contributed by atoms with E-state index in [0.29, 0.717) is 13.0 Å². The van der Waals surface area contributed by atoms with Crippen molar-refractivity contribution in [1.29, 1.82) is 0 Å². The van der Waals surface area contributed by atoms with Crippen molar-refractivity contribution in [2.45, 2.75) is 45.1 Å². The lowest BCUT2D eigenvalue weighted by molar-refractivity contribution is -0.145. The normalized spacial score (nSPS) is 11.4. The van der Waals surface area contributed by atoms with E-state index in [-0.39, 0.29) is 18.4 Å². The summed E-state index contributed by atoms with van der Waals surface area (Å²) < 4.78 is 10.3. The number of halogens is 1. The summed E-state index contributed by atoms with van der Waals surface area (Å²) in [6.07, 6.45) is 4.84. The van der Waals surface area contributed by atoms with Gasteiger partial charge in [0, 0.05) is 0 Å². The summed E-state index contributed by atoms with van der Waals surface area (Å²) in [7, 11) is 1.62. The second-order valence-corrected chi connectivity index (χ2v) is 4.89. The molecule has 0 spiro atoms. The molecule has 0 bridgehead atoms. The van der Waals surface area contributed by atoms with Crippen LogP contribution in [0.15, 0.2) is 24.3 Å². The first-order valence-corrected chi connectivity index (χ1v) is 7.22. The Morgan fingerprint density at radius 3 is 2.43 bits per heavy atom. The molecule has 1 atom stereocenters. The zero-order valence-electron chi connectivity index (χ0n) is 12.8. The Morgan fingerprint density at radius 2 is 1.86 bits per heavy atom. The topological polar surface area (TPSA) is 61.5 Å². The molecule has 1 aromatic rings. The fourth-order valence-corrected chi connectivity index (χ4v) is 1.91. The van der Waals surface area contributed by atoms with Crippen molar-refractivity contribution in [3.8, 4) is 5.75 Å². The number of benzene rings is 1. The third-order valence-electron chi connectivity index (χ3n) is 3.16. The highest BCUT2D eigenvalue weighted by Crippen LogP contribution is 2.12. The number of ether oxygens (including phenoxy) is 2. The van der Waals surface area contributed by atoms with Crippen molar-refractivity contribution in [3.63, 3.8) is 0 Å². The van der Waals surface area contributed by atoms with Crippen molar-refractivity contribution in [1.82, 2.24) is 0 Å². The molecule has 120 valence electrons. The van der Waals surface area contributed by atoms with E-state index < -0.39 is 6.04 Å². The predicted octanol–water partition coefficient (Wildman–Crippen LogP) is 3.11. The molecule has 1 rings (SSSR count). The van der Waals surface area contributed by atoms with E-state index in [9.17, 15) is 4.79 Å². The van der Waals surface area contributed by atoms with Gasteiger partial charge in [-0.2, -0.15) is 0 Å². The standard InChI is InChI=1S/C16H25NO3.ClH/c1-3-4-5-6-11-20-16(18)15(17)12-13-7-9-14(19-2)10-8-13;/h7-10,15H,3-6,11-12,17H2,1-2H3;1H/t15-;/m0./s1. The van der Waals surface area contributed by atoms with Gasteiger partial charge in [0.15, 0.2) is 0 Å². The van der Waals surface area contributed by atoms with Crippen LogP contribution in [0, 0.1) is 0 Å². The van der Waals surface area contributed by atoms with Gasteiger partial charge in [0.2, 0.25) is 0 Å². The van der Waals surface area contributed by atoms with Crippen LogP contribution in [0.3, 0.4) is 0 Å². The molecule has 0 unspecified atom stereocenters. The fourth-order valence-electron chi connectivity index (χ4n) is 1.91. The highest BCUT2D eigenvalue weighted by atomic mass is 35.5. The number of hydrogen-bond donors (Lipinski definition) is 1. The molecule has 0 aromatic heterocycles. The zero-order chi connectivity index (χ0) is 14.8. The maximum atomic E-state index is 11.7. The minimum Gasteiger partial charge on any atom is -0.497 e. The summed E-state index contributed by atoms with van der Waals surface area (Å²) in [5, 5.41) is 0. The van der Waals surface area contributed by atoms with Crippen molar-refractivity contribution in [3.05, 3.63) is 29.8 Å². The largest absolute Gasteiger partial charge is 0.497 e. The van der Waals surface area contributed by atoms with E-state index in [0.717, 1.165) is 24.2 Å². The zero-order valence-corrected chi connectivity index (χ0v) is 13.7. The maximum absolute atomic E-state index is 11.7. The van der Waals surface area contributed by atoms with Crippen LogP contribution < -0.4 is 10.5 Å². The van der Waals surface area contributed by atoms with E-state index in [1.807, 2.05) is 24.3 Å². The third-order valence-corrected chi connectivity index (χ3v) is 3.16. The quantitative estimate of drug-likeness (QED) is 0.562. The number of rotatable bonds is 9. The first-order chi connectivity index (χ1) is 9.67. The van der Waals surface area contributed by atoms with Crippen molar-refractivity contribution >= 4 is 18.4 Å². The maximum Gasteiger partial charge on any atom is 0.323 e. The van der Waals surface area contributed by atoms with E-state index in [1.54, 1.807) is 7.11 Å². The van der Waals surface area contributed by atoms with Gasteiger partial charge in [-0.1, -0.05) is 38.3 Å². The highest BCUT2D eigenvalue weighted by molar-refractivity contribution is 5.85. The van der Waals surface area contributed by atoms with Gasteiger partial charge in [-0.25, -0.2) is 0 Å². The number of unbranched alkanes of at least 4 members (excludes halogenated alkanes) is 3. The van der Waals surface area contributed by atoms with Crippen LogP contribution in [0.4, 0.5) is 0 Å². The van der Waals surface area contributed by atoms with E-state index >= 15 is 0 Å². The number of carbonyl (C=O) groups excluding carboxylic acids is 1. The Labute approximate surface area is 133 Å². The van der Waals surface area contributed by atoms with Gasteiger partial charge in [-0.05, 0) is 30.5 Å². The molecule has 0 saturated heterocycles. The van der Waals surface area contributed by atoms with Gasteiger partial charge < -0.3 is 15.2 Å². The SMILES string of the molecule is CCCCCCOC(=O)[C@@H](N)Cc1ccc(OC)cc1.Cl. The molecule has 0 saturated carbocycles. The predicted molar refractivity (Wildman–Crippen MR) is 87.0 cm³/mol. The van der Waals surface area contributed by atoms with Crippen LogP contribution >= 0.6 is 12.4 Å². The summed E-state index contributed by atoms with van der Waals surface area (Å²) in [5.74, 6) is 0.470. The summed E-state index contributed by atoms with van der Waals surface area (Å²) >= 11 is 0. The van der Waals surface area contributed by atoms with Gasteiger partial charge in [0.25, 0.3) is 0 Å². The highest BCUT2D eigenvalue weighted by Gasteiger charge is 2.15. The van der Waals surface area contributed by atoms with Gasteiger partial charge in [-0.15, -0.1) is 12.4 Å². The smallest absolute Gasteiger partial charge is 0.323 e. The average molecular weight is 316 g/mol. The first-order valence-electron chi connectivity index (χ1n) is 7.22. The minimum atomic E-state index is -0.602. The number of esters is 1. The molecule has 21 heavy (non-hydrogen) atoms. The van der Waals surface area contributed by atoms with Gasteiger partial charge in [0.1, 0.15) is 11.8 Å². The van der Waals surface area contributed by atoms with E-state index in [2.05, 4.69) is 6.92 Å². The lowest BCUT2D eigenvalue weighted by Gasteiger charge is -2.12. The van der Waals surface area contributed by atoms with Gasteiger partial charge in [-0.3, -0.25) is 4.79 Å². The average Bonchev–Trinajstić information content (AvgIpc) is 2.47. The van der Waals surface area contributed by atoms with Crippen LogP contribution in [0.25, 0.3) is 0 Å². The molecule has 1 aromatic carbocycles. The number of methoxy groups -OCH3 is 1. The Morgan fingerprint density at radius 1 is 1.19 bits per heavy atom. The minimum absolute atomic E-state index is 0. The molecule has 0 aliphatic carbocycles. The molecule has 0 amide bonds. The third kappa shape index (κ3) is 7.93. The molecule has 0 heterocycles. The molecular weight excluding hydrogens is 290 g/mol. The monoisotopic (exact) mass is 315 g/mol. The van der Waals surface area contributed by atoms with Gasteiger partial charge in [0.05, 0.1) is 13.7 Å². The lowest BCUT2D eigenvalue weighted by atomic mass is 10.1. The Hall–Kier alpha value is -1.26. The molecule has 0 aliphatic rings. The first kappa shape index (κ1) is 19.7. The molecule has 2 N–H and O–H groups in total. The van der Waals surface area contributed by atoms with Crippen molar-refractivity contribution < 1.29 is 14.3 Å². The van der Waals surface area contributed by atoms with Crippen LogP contribution in [0.1, 0.15) is 38.2 Å². The Kier molecular flexibility index (Phi) is 10.7. The summed E-state index contributed by atoms with van der Waals surface area (Å²) in [6.45, 7) is 2.62. The summed E-state index contributed by atoms with van der Waals surface area (Å²) in [4.78, 5) is 11.7. The second kappa shape index (κ2) is 11.4. The van der Waals surface area contributed by atoms with Crippen LogP contribution in [-0.4, -0.2) is 25.7 Å². The molecule has 0 fully saturated rings. The summed E-state index contributed by atoms with van der Waals surface area (Å²) in [6, 6.07) is 6.94. The van der Waals surface area contributed by atoms with Crippen LogP contribution in [-0.2, 0) is 16.0 Å². The van der Waals surface area contributed by atoms with Crippen LogP contribution in [0.5, 0.6) is 5.75 Å². The van der Waals surface area contributed by atoms with Crippen molar-refractivity contribution in [2.24, 2.45) is 5.73 Å². The second-order valence-electron chi connectivity index (χ2n) is 4.89. The Balaban J connectivity index is 0.00000400. The molecular formula is C16H26ClNO3. The van der Waals surface area contributed by atoms with E-state index in [4.69, 9.17) is 15.2 Å². The van der Waals surface area contributed by atoms with Crippen LogP contribution in [0.2, 0.25) is 0 Å². The Bertz CT molecular complexity index is 395. The molecule has 5 heteroatoms. The molecule has 0 aliphatic heterocycles. The molecule has 4 nitrogen and oxygen atoms in total. The number of carbonyl (C=O) groups is 1. The number of hydrogen-bond acceptors (Lipinski definition) is 4. The fraction of sp³-hybridized carbons (Fsp3) is 0.562. The van der Waals surface area contributed by atoms with Crippen molar-refractivity contribution in [2.75, 3.05) is 13.7 Å².